The predicted octanol–water partition coefficient (Wildman–Crippen LogP) is 3.93. The molecule has 0 unspecified atom stereocenters. The number of rotatable bonds is 9. The number of nitrogens with zero attached hydrogens (tertiary/aromatic N) is 4. The molecular formula is C30H36N6O3. The summed E-state index contributed by atoms with van der Waals surface area (Å²) in [6, 6.07) is 9.55. The van der Waals surface area contributed by atoms with Crippen LogP contribution in [0.2, 0.25) is 0 Å². The van der Waals surface area contributed by atoms with Crippen molar-refractivity contribution in [3.63, 3.8) is 0 Å². The highest BCUT2D eigenvalue weighted by molar-refractivity contribution is 6.06. The first-order valence-electron chi connectivity index (χ1n) is 13.5. The van der Waals surface area contributed by atoms with E-state index in [1.165, 1.54) is 4.68 Å². The molecule has 204 valence electrons. The van der Waals surface area contributed by atoms with Crippen LogP contribution in [0, 0.1) is 6.92 Å². The zero-order valence-corrected chi connectivity index (χ0v) is 23.1. The number of amidine groups is 1. The van der Waals surface area contributed by atoms with E-state index < -0.39 is 0 Å². The maximum atomic E-state index is 13.3. The highest BCUT2D eigenvalue weighted by atomic mass is 16.2. The van der Waals surface area contributed by atoms with Gasteiger partial charge in [-0.25, -0.2) is 9.67 Å². The smallest absolute Gasteiger partial charge is 0.275 e. The van der Waals surface area contributed by atoms with Crippen LogP contribution in [0.3, 0.4) is 0 Å². The van der Waals surface area contributed by atoms with Crippen molar-refractivity contribution >= 4 is 40.2 Å². The maximum Gasteiger partial charge on any atom is 0.275 e. The first kappa shape index (κ1) is 27.8. The standard InChI is InChI=1S/C30H36N6O3/c1-5-10-35(11-6-2)29(38)22-14-25-19(4)12-21(15-26(25)34-27(31)16-22)20-8-9-24-23(13-20)17-33-36(30(24)39)18-28(37)32-7-3/h8-9,12-15,17H,5-7,10-11,16,18H2,1-4H3,(H2,31,34)(H,32,37). The SMILES string of the molecule is CCCN(CCC)C(=O)C1=Cc2c(C)cc(-c3ccc4c(=O)n(CC(=O)NCC)ncc4c3)cc2N=C(N)C1. The van der Waals surface area contributed by atoms with Crippen LogP contribution in [0.25, 0.3) is 28.0 Å². The Morgan fingerprint density at radius 1 is 1.08 bits per heavy atom. The van der Waals surface area contributed by atoms with Crippen LogP contribution in [-0.2, 0) is 16.1 Å². The minimum absolute atomic E-state index is 0.00744. The number of nitrogens with two attached hydrogens (primary N) is 1. The molecule has 0 saturated carbocycles. The van der Waals surface area contributed by atoms with Crippen molar-refractivity contribution in [1.82, 2.24) is 20.0 Å². The van der Waals surface area contributed by atoms with E-state index in [1.54, 1.807) is 12.3 Å². The van der Waals surface area contributed by atoms with E-state index in [2.05, 4.69) is 35.3 Å². The van der Waals surface area contributed by atoms with E-state index >= 15 is 0 Å². The summed E-state index contributed by atoms with van der Waals surface area (Å²) in [5.41, 5.74) is 11.0. The average molecular weight is 529 g/mol. The lowest BCUT2D eigenvalue weighted by Crippen LogP contribution is -2.34. The summed E-state index contributed by atoms with van der Waals surface area (Å²) in [4.78, 5) is 44.7. The molecule has 0 radical (unpaired) electrons. The second-order valence-corrected chi connectivity index (χ2v) is 9.83. The topological polar surface area (TPSA) is 123 Å². The minimum Gasteiger partial charge on any atom is -0.387 e. The van der Waals surface area contributed by atoms with E-state index in [9.17, 15) is 14.4 Å². The summed E-state index contributed by atoms with van der Waals surface area (Å²) in [5, 5.41) is 8.05. The van der Waals surface area contributed by atoms with Crippen molar-refractivity contribution in [2.45, 2.75) is 53.5 Å². The van der Waals surface area contributed by atoms with Gasteiger partial charge in [-0.05, 0) is 67.7 Å². The molecule has 9 heteroatoms. The van der Waals surface area contributed by atoms with Crippen LogP contribution in [0.15, 0.2) is 51.9 Å². The molecule has 1 aromatic heterocycles. The zero-order valence-electron chi connectivity index (χ0n) is 23.1. The van der Waals surface area contributed by atoms with E-state index in [0.717, 1.165) is 35.1 Å². The maximum absolute atomic E-state index is 13.3. The lowest BCUT2D eigenvalue weighted by atomic mass is 9.95. The van der Waals surface area contributed by atoms with Crippen molar-refractivity contribution in [3.05, 3.63) is 63.6 Å². The van der Waals surface area contributed by atoms with E-state index in [1.807, 2.05) is 43.0 Å². The summed E-state index contributed by atoms with van der Waals surface area (Å²) >= 11 is 0. The van der Waals surface area contributed by atoms with Crippen molar-refractivity contribution in [2.75, 3.05) is 19.6 Å². The highest BCUT2D eigenvalue weighted by Gasteiger charge is 2.22. The average Bonchev–Trinajstić information content (AvgIpc) is 3.08. The fourth-order valence-electron chi connectivity index (χ4n) is 4.91. The number of hydrogen-bond donors (Lipinski definition) is 2. The Labute approximate surface area is 228 Å². The fourth-order valence-corrected chi connectivity index (χ4v) is 4.91. The molecule has 0 spiro atoms. The number of nitrogens with one attached hydrogen (secondary N) is 1. The quantitative estimate of drug-likeness (QED) is 0.436. The molecule has 0 aliphatic carbocycles. The molecule has 3 aromatic rings. The Balaban J connectivity index is 1.71. The first-order valence-corrected chi connectivity index (χ1v) is 13.5. The highest BCUT2D eigenvalue weighted by Crippen LogP contribution is 2.35. The molecular weight excluding hydrogens is 492 g/mol. The molecule has 0 bridgehead atoms. The third-order valence-corrected chi connectivity index (χ3v) is 6.72. The Morgan fingerprint density at radius 2 is 1.82 bits per heavy atom. The van der Waals surface area contributed by atoms with Gasteiger partial charge in [-0.3, -0.25) is 14.4 Å². The number of carbonyl (C=O) groups excluding carboxylic acids is 2. The Kier molecular flexibility index (Phi) is 8.59. The largest absolute Gasteiger partial charge is 0.387 e. The molecule has 3 N–H and O–H groups in total. The third-order valence-electron chi connectivity index (χ3n) is 6.72. The van der Waals surface area contributed by atoms with Crippen LogP contribution in [0.4, 0.5) is 5.69 Å². The van der Waals surface area contributed by atoms with Gasteiger partial charge < -0.3 is 16.0 Å². The lowest BCUT2D eigenvalue weighted by Gasteiger charge is -2.22. The van der Waals surface area contributed by atoms with Crippen LogP contribution >= 0.6 is 0 Å². The molecule has 0 saturated heterocycles. The monoisotopic (exact) mass is 528 g/mol. The number of fused-ring (bicyclic) bond motifs is 2. The zero-order chi connectivity index (χ0) is 28.1. The van der Waals surface area contributed by atoms with Gasteiger partial charge in [0.15, 0.2) is 0 Å². The van der Waals surface area contributed by atoms with Gasteiger partial charge in [0.25, 0.3) is 5.56 Å². The number of aliphatic imine (C=N–C) groups is 1. The molecule has 1 aliphatic rings. The van der Waals surface area contributed by atoms with Gasteiger partial charge in [0.1, 0.15) is 12.4 Å². The van der Waals surface area contributed by atoms with Gasteiger partial charge in [-0.15, -0.1) is 0 Å². The summed E-state index contributed by atoms with van der Waals surface area (Å²) in [6.07, 6.45) is 5.62. The van der Waals surface area contributed by atoms with Crippen LogP contribution in [0.1, 0.15) is 51.2 Å². The van der Waals surface area contributed by atoms with E-state index in [4.69, 9.17) is 5.73 Å². The third kappa shape index (κ3) is 6.08. The number of hydrogen-bond acceptors (Lipinski definition) is 6. The summed E-state index contributed by atoms with van der Waals surface area (Å²) in [6.45, 7) is 9.74. The molecule has 39 heavy (non-hydrogen) atoms. The second kappa shape index (κ2) is 12.1. The number of benzene rings is 2. The van der Waals surface area contributed by atoms with Crippen LogP contribution in [0.5, 0.6) is 0 Å². The van der Waals surface area contributed by atoms with Crippen LogP contribution in [-0.4, -0.2) is 52.0 Å². The lowest BCUT2D eigenvalue weighted by molar-refractivity contribution is -0.127. The van der Waals surface area contributed by atoms with Gasteiger partial charge in [0, 0.05) is 42.6 Å². The predicted molar refractivity (Wildman–Crippen MR) is 156 cm³/mol. The first-order chi connectivity index (χ1) is 18.7. The molecule has 0 atom stereocenters. The molecule has 2 heterocycles. The number of carbonyl (C=O) groups is 2. The normalized spacial score (nSPS) is 12.8. The second-order valence-electron chi connectivity index (χ2n) is 9.83. The minimum atomic E-state index is -0.316. The molecule has 1 aliphatic heterocycles. The van der Waals surface area contributed by atoms with Gasteiger partial charge in [0.2, 0.25) is 11.8 Å². The molecule has 0 fully saturated rings. The van der Waals surface area contributed by atoms with Crippen molar-refractivity contribution < 1.29 is 9.59 Å². The van der Waals surface area contributed by atoms with Gasteiger partial charge in [-0.1, -0.05) is 26.0 Å². The van der Waals surface area contributed by atoms with Crippen molar-refractivity contribution in [3.8, 4) is 11.1 Å². The van der Waals surface area contributed by atoms with Gasteiger partial charge >= 0.3 is 0 Å². The van der Waals surface area contributed by atoms with Crippen molar-refractivity contribution in [2.24, 2.45) is 10.7 Å². The summed E-state index contributed by atoms with van der Waals surface area (Å²) in [7, 11) is 0. The summed E-state index contributed by atoms with van der Waals surface area (Å²) < 4.78 is 1.17. The van der Waals surface area contributed by atoms with Crippen LogP contribution < -0.4 is 16.6 Å². The number of amides is 2. The van der Waals surface area contributed by atoms with E-state index in [-0.39, 0.29) is 23.9 Å². The van der Waals surface area contributed by atoms with E-state index in [0.29, 0.717) is 53.9 Å². The Bertz CT molecular complexity index is 1530. The Hall–Kier alpha value is -4.27. The molecule has 9 nitrogen and oxygen atoms in total. The van der Waals surface area contributed by atoms with Crippen molar-refractivity contribution in [1.29, 1.82) is 0 Å². The molecule has 4 rings (SSSR count). The molecule has 2 amide bonds. The number of aromatic nitrogens is 2. The number of likely N-dealkylation sites (N-methyl/N-ethyl adjacent to an activating group) is 1. The molecule has 2 aromatic carbocycles. The fraction of sp³-hybridized carbons (Fsp3) is 0.367. The Morgan fingerprint density at radius 3 is 2.51 bits per heavy atom. The van der Waals surface area contributed by atoms with Gasteiger partial charge in [0.05, 0.1) is 17.3 Å². The number of aryl methyl sites for hydroxylation is 1. The van der Waals surface area contributed by atoms with Gasteiger partial charge in [-0.2, -0.15) is 5.10 Å². The summed E-state index contributed by atoms with van der Waals surface area (Å²) in [5.74, 6) is 0.145.